The third kappa shape index (κ3) is 2.67. The summed E-state index contributed by atoms with van der Waals surface area (Å²) in [6.07, 6.45) is 1.72. The Hall–Kier alpha value is -0.520. The van der Waals surface area contributed by atoms with Crippen LogP contribution in [0.3, 0.4) is 0 Å². The number of benzene rings is 1. The zero-order chi connectivity index (χ0) is 12.4. The molecule has 5 heteroatoms. The van der Waals surface area contributed by atoms with Crippen molar-refractivity contribution < 1.29 is 13.5 Å². The molecule has 1 aromatic carbocycles. The van der Waals surface area contributed by atoms with Gasteiger partial charge in [-0.15, -0.1) is 0 Å². The largest absolute Gasteiger partial charge is 0.381 e. The molecule has 0 aromatic heterocycles. The van der Waals surface area contributed by atoms with E-state index in [1.807, 2.05) is 0 Å². The van der Waals surface area contributed by atoms with Gasteiger partial charge in [0.25, 0.3) is 0 Å². The minimum Gasteiger partial charge on any atom is -0.381 e. The molecule has 0 radical (unpaired) electrons. The summed E-state index contributed by atoms with van der Waals surface area (Å²) in [6, 6.07) is 1.91. The first-order valence-corrected chi connectivity index (χ1v) is 6.37. The smallest absolute Gasteiger partial charge is 0.145 e. The second kappa shape index (κ2) is 5.42. The minimum absolute atomic E-state index is 0.0259. The van der Waals surface area contributed by atoms with Crippen LogP contribution in [-0.2, 0) is 4.74 Å². The number of rotatable bonds is 2. The summed E-state index contributed by atoms with van der Waals surface area (Å²) >= 11 is 3.04. The Labute approximate surface area is 107 Å². The second-order valence-electron chi connectivity index (χ2n) is 4.26. The van der Waals surface area contributed by atoms with Gasteiger partial charge in [-0.25, -0.2) is 8.78 Å². The van der Waals surface area contributed by atoms with E-state index in [-0.39, 0.29) is 16.0 Å². The van der Waals surface area contributed by atoms with E-state index in [4.69, 9.17) is 10.5 Å². The number of halogens is 3. The van der Waals surface area contributed by atoms with Gasteiger partial charge in [0.1, 0.15) is 11.6 Å². The van der Waals surface area contributed by atoms with Gasteiger partial charge >= 0.3 is 0 Å². The summed E-state index contributed by atoms with van der Waals surface area (Å²) in [5.74, 6) is -1.23. The summed E-state index contributed by atoms with van der Waals surface area (Å²) in [5, 5.41) is 0. The van der Waals surface area contributed by atoms with Crippen molar-refractivity contribution >= 4 is 15.9 Å². The Morgan fingerprint density at radius 1 is 1.41 bits per heavy atom. The molecule has 1 aliphatic rings. The zero-order valence-corrected chi connectivity index (χ0v) is 10.8. The fourth-order valence-electron chi connectivity index (χ4n) is 2.13. The Bertz CT molecular complexity index is 408. The third-order valence-electron chi connectivity index (χ3n) is 3.12. The molecule has 0 saturated carbocycles. The first-order valence-electron chi connectivity index (χ1n) is 5.58. The highest BCUT2D eigenvalue weighted by atomic mass is 79.9. The summed E-state index contributed by atoms with van der Waals surface area (Å²) in [4.78, 5) is 0. The normalized spacial score (nSPS) is 22.5. The topological polar surface area (TPSA) is 35.2 Å². The number of hydrogen-bond donors (Lipinski definition) is 1. The van der Waals surface area contributed by atoms with Crippen molar-refractivity contribution in [2.75, 3.05) is 13.2 Å². The van der Waals surface area contributed by atoms with Crippen LogP contribution in [0.2, 0.25) is 0 Å². The molecule has 0 bridgehead atoms. The molecule has 1 aromatic rings. The van der Waals surface area contributed by atoms with Crippen LogP contribution < -0.4 is 5.73 Å². The Morgan fingerprint density at radius 3 is 2.82 bits per heavy atom. The first-order chi connectivity index (χ1) is 8.11. The maximum atomic E-state index is 13.9. The van der Waals surface area contributed by atoms with Crippen molar-refractivity contribution in [3.63, 3.8) is 0 Å². The Kier molecular flexibility index (Phi) is 4.12. The monoisotopic (exact) mass is 305 g/mol. The van der Waals surface area contributed by atoms with Crippen LogP contribution >= 0.6 is 15.9 Å². The van der Waals surface area contributed by atoms with E-state index < -0.39 is 17.7 Å². The third-order valence-corrected chi connectivity index (χ3v) is 3.73. The summed E-state index contributed by atoms with van der Waals surface area (Å²) in [7, 11) is 0. The molecule has 2 rings (SSSR count). The summed E-state index contributed by atoms with van der Waals surface area (Å²) < 4.78 is 33.0. The molecule has 1 aliphatic heterocycles. The van der Waals surface area contributed by atoms with Gasteiger partial charge in [-0.2, -0.15) is 0 Å². The summed E-state index contributed by atoms with van der Waals surface area (Å²) in [5.41, 5.74) is 5.91. The van der Waals surface area contributed by atoms with Crippen LogP contribution in [0.15, 0.2) is 16.6 Å². The molecule has 2 atom stereocenters. The second-order valence-corrected chi connectivity index (χ2v) is 5.11. The van der Waals surface area contributed by atoms with Crippen molar-refractivity contribution in [3.05, 3.63) is 33.8 Å². The molecule has 17 heavy (non-hydrogen) atoms. The molecule has 0 spiro atoms. The number of nitrogens with two attached hydrogens (primary N) is 1. The minimum atomic E-state index is -0.659. The van der Waals surface area contributed by atoms with Crippen molar-refractivity contribution in [3.8, 4) is 0 Å². The van der Waals surface area contributed by atoms with Crippen LogP contribution in [-0.4, -0.2) is 13.2 Å². The standard InChI is InChI=1S/C12H14BrF2NO/c13-8-3-4-9(14)10(11(8)15)12(16)7-2-1-5-17-6-7/h3-4,7,12H,1-2,5-6,16H2. The van der Waals surface area contributed by atoms with Crippen LogP contribution in [0.1, 0.15) is 24.4 Å². The van der Waals surface area contributed by atoms with Crippen LogP contribution in [0.5, 0.6) is 0 Å². The molecule has 2 N–H and O–H groups in total. The van der Waals surface area contributed by atoms with Gasteiger partial charge in [0.05, 0.1) is 11.1 Å². The van der Waals surface area contributed by atoms with E-state index in [1.54, 1.807) is 0 Å². The van der Waals surface area contributed by atoms with E-state index in [1.165, 1.54) is 12.1 Å². The van der Waals surface area contributed by atoms with Crippen LogP contribution in [0.25, 0.3) is 0 Å². The molecule has 1 saturated heterocycles. The average molecular weight is 306 g/mol. The Morgan fingerprint density at radius 2 is 2.18 bits per heavy atom. The quantitative estimate of drug-likeness (QED) is 0.852. The molecule has 94 valence electrons. The fraction of sp³-hybridized carbons (Fsp3) is 0.500. The van der Waals surface area contributed by atoms with Crippen molar-refractivity contribution in [2.45, 2.75) is 18.9 Å². The highest BCUT2D eigenvalue weighted by Gasteiger charge is 2.27. The van der Waals surface area contributed by atoms with E-state index in [9.17, 15) is 8.78 Å². The molecule has 2 unspecified atom stereocenters. The lowest BCUT2D eigenvalue weighted by Crippen LogP contribution is -2.30. The Balaban J connectivity index is 2.29. The lowest BCUT2D eigenvalue weighted by atomic mass is 9.89. The van der Waals surface area contributed by atoms with Crippen molar-refractivity contribution in [2.24, 2.45) is 11.7 Å². The predicted octanol–water partition coefficient (Wildman–Crippen LogP) is 3.15. The van der Waals surface area contributed by atoms with E-state index >= 15 is 0 Å². The first kappa shape index (κ1) is 12.9. The van der Waals surface area contributed by atoms with Gasteiger partial charge in [-0.05, 0) is 40.9 Å². The van der Waals surface area contributed by atoms with Crippen LogP contribution in [0.4, 0.5) is 8.78 Å². The highest BCUT2D eigenvalue weighted by molar-refractivity contribution is 9.10. The molecular formula is C12H14BrF2NO. The van der Waals surface area contributed by atoms with Gasteiger partial charge in [0, 0.05) is 24.1 Å². The SMILES string of the molecule is NC(c1c(F)ccc(Br)c1F)C1CCCOC1. The summed E-state index contributed by atoms with van der Waals surface area (Å²) in [6.45, 7) is 1.17. The maximum absolute atomic E-state index is 13.9. The highest BCUT2D eigenvalue weighted by Crippen LogP contribution is 2.32. The molecule has 1 heterocycles. The van der Waals surface area contributed by atoms with Crippen molar-refractivity contribution in [1.82, 2.24) is 0 Å². The molecule has 2 nitrogen and oxygen atoms in total. The molecule has 0 aliphatic carbocycles. The van der Waals surface area contributed by atoms with Gasteiger partial charge in [-0.1, -0.05) is 0 Å². The molecule has 1 fully saturated rings. The van der Waals surface area contributed by atoms with Gasteiger partial charge in [-0.3, -0.25) is 0 Å². The van der Waals surface area contributed by atoms with E-state index in [0.717, 1.165) is 12.8 Å². The van der Waals surface area contributed by atoms with Crippen molar-refractivity contribution in [1.29, 1.82) is 0 Å². The number of ether oxygens (including phenoxy) is 1. The van der Waals surface area contributed by atoms with Gasteiger partial charge in [0.15, 0.2) is 0 Å². The lowest BCUT2D eigenvalue weighted by molar-refractivity contribution is 0.0438. The molecule has 0 amide bonds. The number of hydrogen-bond acceptors (Lipinski definition) is 2. The van der Waals surface area contributed by atoms with Gasteiger partial charge in [0.2, 0.25) is 0 Å². The maximum Gasteiger partial charge on any atom is 0.145 e. The predicted molar refractivity (Wildman–Crippen MR) is 64.5 cm³/mol. The van der Waals surface area contributed by atoms with Gasteiger partial charge < -0.3 is 10.5 Å². The molecular weight excluding hydrogens is 292 g/mol. The fourth-order valence-corrected chi connectivity index (χ4v) is 2.48. The average Bonchev–Trinajstić information content (AvgIpc) is 2.35. The zero-order valence-electron chi connectivity index (χ0n) is 9.26. The lowest BCUT2D eigenvalue weighted by Gasteiger charge is -2.28. The van der Waals surface area contributed by atoms with Crippen LogP contribution in [0, 0.1) is 17.6 Å². The van der Waals surface area contributed by atoms with E-state index in [2.05, 4.69) is 15.9 Å². The van der Waals surface area contributed by atoms with E-state index in [0.29, 0.717) is 13.2 Å².